The Kier molecular flexibility index (Phi) is 4.93. The van der Waals surface area contributed by atoms with E-state index in [1.807, 2.05) is 31.2 Å². The predicted molar refractivity (Wildman–Crippen MR) is 110 cm³/mol. The van der Waals surface area contributed by atoms with Crippen LogP contribution in [0.25, 0.3) is 10.2 Å². The highest BCUT2D eigenvalue weighted by Crippen LogP contribution is 2.35. The normalized spacial score (nSPS) is 14.2. The lowest BCUT2D eigenvalue weighted by Crippen LogP contribution is -2.36. The van der Waals surface area contributed by atoms with E-state index < -0.39 is 11.9 Å². The van der Waals surface area contributed by atoms with Crippen molar-refractivity contribution in [1.82, 2.24) is 9.55 Å². The smallest absolute Gasteiger partial charge is 0.263 e. The molecule has 28 heavy (non-hydrogen) atoms. The van der Waals surface area contributed by atoms with Gasteiger partial charge in [0.15, 0.2) is 0 Å². The fraction of sp³-hybridized carbons (Fsp3) is 0.381. The summed E-state index contributed by atoms with van der Waals surface area (Å²) in [4.78, 5) is 32.4. The molecule has 7 heteroatoms. The molecule has 2 N–H and O–H groups in total. The standard InChI is InChI=1S/C21H23N3O3S/c1-3-15(19(22)25)24-17(11-12-7-9-13(27-2)10-8-12)23-20-18(21(24)26)14-5-4-6-16(14)28-20/h7-10,15H,3-6,11H2,1-2H3,(H2,22,25). The van der Waals surface area contributed by atoms with E-state index in [0.29, 0.717) is 24.1 Å². The zero-order valence-electron chi connectivity index (χ0n) is 16.0. The van der Waals surface area contributed by atoms with Crippen molar-refractivity contribution in [2.45, 2.75) is 45.1 Å². The van der Waals surface area contributed by atoms with Crippen molar-refractivity contribution in [2.24, 2.45) is 5.73 Å². The number of nitrogens with zero attached hydrogens (tertiary/aromatic N) is 2. The fourth-order valence-corrected chi connectivity index (χ4v) is 5.25. The van der Waals surface area contributed by atoms with Crippen molar-refractivity contribution >= 4 is 27.5 Å². The maximum Gasteiger partial charge on any atom is 0.263 e. The Morgan fingerprint density at radius 2 is 2.07 bits per heavy atom. The van der Waals surface area contributed by atoms with Crippen LogP contribution in [0.3, 0.4) is 0 Å². The minimum atomic E-state index is -0.699. The third-order valence-electron chi connectivity index (χ3n) is 5.39. The lowest BCUT2D eigenvalue weighted by molar-refractivity contribution is -0.121. The summed E-state index contributed by atoms with van der Waals surface area (Å²) in [6, 6.07) is 6.94. The molecule has 0 saturated carbocycles. The number of carbonyl (C=O) groups is 1. The van der Waals surface area contributed by atoms with Gasteiger partial charge in [0.25, 0.3) is 5.56 Å². The number of primary amides is 1. The first-order valence-electron chi connectivity index (χ1n) is 9.51. The van der Waals surface area contributed by atoms with Gasteiger partial charge in [-0.1, -0.05) is 19.1 Å². The lowest BCUT2D eigenvalue weighted by Gasteiger charge is -2.19. The summed E-state index contributed by atoms with van der Waals surface area (Å²) in [7, 11) is 1.62. The molecule has 1 aliphatic rings. The van der Waals surface area contributed by atoms with Crippen LogP contribution in [0.1, 0.15) is 47.6 Å². The minimum absolute atomic E-state index is 0.140. The van der Waals surface area contributed by atoms with Gasteiger partial charge in [-0.05, 0) is 48.9 Å². The average molecular weight is 398 g/mol. The third kappa shape index (κ3) is 3.09. The number of methoxy groups -OCH3 is 1. The number of carbonyl (C=O) groups excluding carboxylic acids is 1. The highest BCUT2D eigenvalue weighted by molar-refractivity contribution is 7.18. The Hall–Kier alpha value is -2.67. The fourth-order valence-electron chi connectivity index (χ4n) is 3.98. The second-order valence-corrected chi connectivity index (χ2v) is 8.18. The summed E-state index contributed by atoms with van der Waals surface area (Å²) in [6.07, 6.45) is 3.86. The van der Waals surface area contributed by atoms with Gasteiger partial charge in [0.1, 0.15) is 22.4 Å². The van der Waals surface area contributed by atoms with E-state index in [1.54, 1.807) is 18.4 Å². The van der Waals surface area contributed by atoms with Gasteiger partial charge in [-0.3, -0.25) is 14.2 Å². The lowest BCUT2D eigenvalue weighted by atomic mass is 10.1. The number of benzene rings is 1. The zero-order chi connectivity index (χ0) is 19.8. The molecular weight excluding hydrogens is 374 g/mol. The molecule has 3 aromatic rings. The van der Waals surface area contributed by atoms with Gasteiger partial charge in [0.2, 0.25) is 5.91 Å². The summed E-state index contributed by atoms with van der Waals surface area (Å²) in [5.41, 5.74) is 7.60. The maximum absolute atomic E-state index is 13.5. The van der Waals surface area contributed by atoms with Gasteiger partial charge in [0, 0.05) is 11.3 Å². The van der Waals surface area contributed by atoms with Gasteiger partial charge in [-0.25, -0.2) is 4.98 Å². The number of rotatable bonds is 6. The number of fused-ring (bicyclic) bond motifs is 3. The van der Waals surface area contributed by atoms with Crippen molar-refractivity contribution in [3.63, 3.8) is 0 Å². The Bertz CT molecular complexity index is 1100. The monoisotopic (exact) mass is 397 g/mol. The molecule has 2 aromatic heterocycles. The summed E-state index contributed by atoms with van der Waals surface area (Å²) in [5.74, 6) is 0.838. The van der Waals surface area contributed by atoms with Crippen LogP contribution in [0.15, 0.2) is 29.1 Å². The molecule has 2 heterocycles. The number of ether oxygens (including phenoxy) is 1. The SMILES string of the molecule is CCC(C(N)=O)n1c(Cc2ccc(OC)cc2)nc2sc3c(c2c1=O)CCC3. The van der Waals surface area contributed by atoms with Gasteiger partial charge >= 0.3 is 0 Å². The predicted octanol–water partition coefficient (Wildman–Crippen LogP) is 2.98. The molecule has 1 amide bonds. The maximum atomic E-state index is 13.5. The van der Waals surface area contributed by atoms with E-state index >= 15 is 0 Å². The van der Waals surface area contributed by atoms with E-state index in [2.05, 4.69) is 0 Å². The zero-order valence-corrected chi connectivity index (χ0v) is 16.8. The summed E-state index contributed by atoms with van der Waals surface area (Å²) < 4.78 is 6.74. The summed E-state index contributed by atoms with van der Waals surface area (Å²) >= 11 is 1.61. The minimum Gasteiger partial charge on any atom is -0.497 e. The summed E-state index contributed by atoms with van der Waals surface area (Å²) in [6.45, 7) is 1.86. The molecule has 4 rings (SSSR count). The first-order valence-corrected chi connectivity index (χ1v) is 10.3. The largest absolute Gasteiger partial charge is 0.497 e. The topological polar surface area (TPSA) is 87.2 Å². The van der Waals surface area contributed by atoms with Crippen molar-refractivity contribution in [3.8, 4) is 5.75 Å². The van der Waals surface area contributed by atoms with Crippen LogP contribution in [0.5, 0.6) is 5.75 Å². The number of thiophene rings is 1. The molecule has 1 aliphatic carbocycles. The number of hydrogen-bond acceptors (Lipinski definition) is 5. The molecular formula is C21H23N3O3S. The van der Waals surface area contributed by atoms with Gasteiger partial charge < -0.3 is 10.5 Å². The van der Waals surface area contributed by atoms with Gasteiger partial charge in [-0.2, -0.15) is 0 Å². The number of aryl methyl sites for hydroxylation is 2. The van der Waals surface area contributed by atoms with Crippen molar-refractivity contribution < 1.29 is 9.53 Å². The van der Waals surface area contributed by atoms with E-state index in [1.165, 1.54) is 9.44 Å². The van der Waals surface area contributed by atoms with Crippen LogP contribution < -0.4 is 16.0 Å². The molecule has 0 bridgehead atoms. The molecule has 1 unspecified atom stereocenters. The first kappa shape index (κ1) is 18.7. The quantitative estimate of drug-likeness (QED) is 0.693. The highest BCUT2D eigenvalue weighted by atomic mass is 32.1. The Morgan fingerprint density at radius 3 is 2.71 bits per heavy atom. The van der Waals surface area contributed by atoms with Crippen molar-refractivity contribution in [1.29, 1.82) is 0 Å². The van der Waals surface area contributed by atoms with Crippen LogP contribution in [-0.4, -0.2) is 22.6 Å². The van der Waals surface area contributed by atoms with Crippen LogP contribution >= 0.6 is 11.3 Å². The first-order chi connectivity index (χ1) is 13.5. The molecule has 0 radical (unpaired) electrons. The molecule has 1 aromatic carbocycles. The van der Waals surface area contributed by atoms with Crippen LogP contribution in [0, 0.1) is 0 Å². The summed E-state index contributed by atoms with van der Waals surface area (Å²) in [5, 5.41) is 0.677. The van der Waals surface area contributed by atoms with Crippen LogP contribution in [0.2, 0.25) is 0 Å². The number of nitrogens with two attached hydrogens (primary N) is 1. The Labute approximate surface area is 167 Å². The molecule has 6 nitrogen and oxygen atoms in total. The van der Waals surface area contributed by atoms with E-state index in [0.717, 1.165) is 41.0 Å². The number of aromatic nitrogens is 2. The number of hydrogen-bond donors (Lipinski definition) is 1. The number of amides is 1. The molecule has 0 aliphatic heterocycles. The van der Waals surface area contributed by atoms with E-state index in [4.69, 9.17) is 15.5 Å². The second-order valence-electron chi connectivity index (χ2n) is 7.09. The van der Waals surface area contributed by atoms with Crippen LogP contribution in [0.4, 0.5) is 0 Å². The van der Waals surface area contributed by atoms with Crippen LogP contribution in [-0.2, 0) is 24.1 Å². The average Bonchev–Trinajstić information content (AvgIpc) is 3.26. The second kappa shape index (κ2) is 7.39. The molecule has 1 atom stereocenters. The molecule has 0 fully saturated rings. The van der Waals surface area contributed by atoms with E-state index in [-0.39, 0.29) is 5.56 Å². The van der Waals surface area contributed by atoms with Gasteiger partial charge in [-0.15, -0.1) is 11.3 Å². The molecule has 0 spiro atoms. The van der Waals surface area contributed by atoms with E-state index in [9.17, 15) is 9.59 Å². The van der Waals surface area contributed by atoms with Gasteiger partial charge in [0.05, 0.1) is 12.5 Å². The van der Waals surface area contributed by atoms with Crippen molar-refractivity contribution in [2.75, 3.05) is 7.11 Å². The van der Waals surface area contributed by atoms with Crippen molar-refractivity contribution in [3.05, 3.63) is 56.4 Å². The molecule has 0 saturated heterocycles. The Balaban J connectivity index is 1.90. The molecule has 146 valence electrons. The highest BCUT2D eigenvalue weighted by Gasteiger charge is 2.27. The third-order valence-corrected chi connectivity index (χ3v) is 6.58. The Morgan fingerprint density at radius 1 is 1.32 bits per heavy atom.